The molecule has 0 aliphatic carbocycles. The van der Waals surface area contributed by atoms with Gasteiger partial charge in [0.25, 0.3) is 0 Å². The predicted molar refractivity (Wildman–Crippen MR) is 126 cm³/mol. The molecule has 6 N–H and O–H groups in total. The van der Waals surface area contributed by atoms with E-state index in [1.165, 1.54) is 16.7 Å². The van der Waals surface area contributed by atoms with Crippen LogP contribution in [0.1, 0.15) is 26.7 Å². The summed E-state index contributed by atoms with van der Waals surface area (Å²) in [4.78, 5) is 53.8. The molecule has 0 spiro atoms. The number of amides is 3. The highest BCUT2D eigenvalue weighted by atomic mass is 32.2. The molecule has 4 heterocycles. The lowest BCUT2D eigenvalue weighted by Crippen LogP contribution is -2.66. The average Bonchev–Trinajstić information content (AvgIpc) is 3.46. The smallest absolute Gasteiger partial charge is 0.353 e. The molecule has 3 amide bonds. The maximum atomic E-state index is 13.0. The minimum absolute atomic E-state index is 0.0250. The van der Waals surface area contributed by atoms with E-state index in [1.807, 2.05) is 6.92 Å². The minimum Gasteiger partial charge on any atom is -0.477 e. The number of likely N-dealkylation sites (tertiary alicyclic amines) is 1. The Hall–Kier alpha value is -2.15. The zero-order valence-electron chi connectivity index (χ0n) is 19.7. The SMILES string of the molecule is CNCC(=O)N[C@H](C)[C@H]1C(=O)N2C(C(=O)O)=C(S[C@@H]3CN[C@H](C(=O)N4CC[C@@H](N)C4)C3)[C@H](C)C12. The molecular weight excluding hydrogens is 460 g/mol. The van der Waals surface area contributed by atoms with Crippen molar-refractivity contribution in [2.75, 3.05) is 33.2 Å². The normalized spacial score (nSPS) is 33.7. The van der Waals surface area contributed by atoms with Crippen LogP contribution in [0.25, 0.3) is 0 Å². The van der Waals surface area contributed by atoms with Crippen molar-refractivity contribution in [1.82, 2.24) is 25.8 Å². The van der Waals surface area contributed by atoms with Crippen LogP contribution < -0.4 is 21.7 Å². The Kier molecular flexibility index (Phi) is 7.22. The number of nitrogens with two attached hydrogens (primary N) is 1. The Labute approximate surface area is 203 Å². The molecule has 7 atom stereocenters. The average molecular weight is 495 g/mol. The first-order chi connectivity index (χ1) is 16.1. The number of carbonyl (C=O) groups is 4. The van der Waals surface area contributed by atoms with Crippen molar-refractivity contribution in [3.05, 3.63) is 10.6 Å². The van der Waals surface area contributed by atoms with Crippen LogP contribution >= 0.6 is 11.8 Å². The molecule has 4 rings (SSSR count). The summed E-state index contributed by atoms with van der Waals surface area (Å²) in [6, 6.07) is -0.983. The molecule has 34 heavy (non-hydrogen) atoms. The van der Waals surface area contributed by atoms with E-state index in [1.54, 1.807) is 18.9 Å². The van der Waals surface area contributed by atoms with Gasteiger partial charge < -0.3 is 36.6 Å². The van der Waals surface area contributed by atoms with Crippen molar-refractivity contribution in [3.8, 4) is 0 Å². The molecule has 0 aromatic rings. The number of likely N-dealkylation sites (N-methyl/N-ethyl adjacent to an activating group) is 1. The van der Waals surface area contributed by atoms with Crippen LogP contribution in [-0.2, 0) is 19.2 Å². The number of aliphatic carboxylic acids is 1. The lowest BCUT2D eigenvalue weighted by Gasteiger charge is -2.47. The highest BCUT2D eigenvalue weighted by Crippen LogP contribution is 2.51. The van der Waals surface area contributed by atoms with E-state index in [-0.39, 0.29) is 59.3 Å². The fourth-order valence-electron chi connectivity index (χ4n) is 5.62. The maximum absolute atomic E-state index is 13.0. The first-order valence-electron chi connectivity index (χ1n) is 11.8. The number of nitrogens with one attached hydrogen (secondary N) is 3. The van der Waals surface area contributed by atoms with E-state index in [0.717, 1.165) is 6.42 Å². The van der Waals surface area contributed by atoms with E-state index >= 15 is 0 Å². The second-order valence-corrected chi connectivity index (χ2v) is 11.0. The molecule has 0 bridgehead atoms. The monoisotopic (exact) mass is 494 g/mol. The number of carboxylic acids is 1. The number of β-lactam (4-membered cyclic amide) rings is 1. The van der Waals surface area contributed by atoms with Gasteiger partial charge in [-0.15, -0.1) is 11.8 Å². The number of rotatable bonds is 8. The number of hydrogen-bond donors (Lipinski definition) is 5. The van der Waals surface area contributed by atoms with Crippen LogP contribution in [0.3, 0.4) is 0 Å². The van der Waals surface area contributed by atoms with E-state index < -0.39 is 17.9 Å². The quantitative estimate of drug-likeness (QED) is 0.254. The Morgan fingerprint density at radius 3 is 2.71 bits per heavy atom. The summed E-state index contributed by atoms with van der Waals surface area (Å²) in [5, 5.41) is 18.9. The highest BCUT2D eigenvalue weighted by molar-refractivity contribution is 8.03. The third-order valence-electron chi connectivity index (χ3n) is 7.27. The molecule has 12 heteroatoms. The zero-order valence-corrected chi connectivity index (χ0v) is 20.6. The van der Waals surface area contributed by atoms with Gasteiger partial charge >= 0.3 is 5.97 Å². The van der Waals surface area contributed by atoms with Crippen LogP contribution in [0.5, 0.6) is 0 Å². The molecule has 188 valence electrons. The van der Waals surface area contributed by atoms with Crippen molar-refractivity contribution < 1.29 is 24.3 Å². The van der Waals surface area contributed by atoms with Crippen LogP contribution in [0, 0.1) is 11.8 Å². The molecule has 1 unspecified atom stereocenters. The van der Waals surface area contributed by atoms with Gasteiger partial charge in [0, 0.05) is 47.8 Å². The largest absolute Gasteiger partial charge is 0.477 e. The number of fused-ring (bicyclic) bond motifs is 1. The van der Waals surface area contributed by atoms with Gasteiger partial charge in [-0.2, -0.15) is 0 Å². The number of hydrogen-bond acceptors (Lipinski definition) is 8. The third-order valence-corrected chi connectivity index (χ3v) is 8.79. The fourth-order valence-corrected chi connectivity index (χ4v) is 7.10. The Morgan fingerprint density at radius 2 is 2.09 bits per heavy atom. The molecule has 4 aliphatic rings. The summed E-state index contributed by atoms with van der Waals surface area (Å²) < 4.78 is 0. The standard InChI is InChI=1S/C22H34N6O5S/c1-10-17-16(11(2)26-15(29)8-24-3)21(31)28(17)18(22(32)33)19(10)34-13-6-14(25-7-13)20(30)27-5-4-12(23)9-27/h10-14,16-17,24-25H,4-9,23H2,1-3H3,(H,26,29)(H,32,33)/t10-,11-,12-,13+,14+,16-,17?/m1/s1. The summed E-state index contributed by atoms with van der Waals surface area (Å²) in [6.07, 6.45) is 1.40. The van der Waals surface area contributed by atoms with Crippen molar-refractivity contribution in [2.24, 2.45) is 17.6 Å². The summed E-state index contributed by atoms with van der Waals surface area (Å²) in [5.41, 5.74) is 5.97. The third kappa shape index (κ3) is 4.43. The van der Waals surface area contributed by atoms with Crippen molar-refractivity contribution in [1.29, 1.82) is 0 Å². The maximum Gasteiger partial charge on any atom is 0.353 e. The molecule has 11 nitrogen and oxygen atoms in total. The minimum atomic E-state index is -1.12. The van der Waals surface area contributed by atoms with Crippen LogP contribution in [-0.4, -0.2) is 101 Å². The predicted octanol–water partition coefficient (Wildman–Crippen LogP) is -1.49. The fraction of sp³-hybridized carbons (Fsp3) is 0.727. The summed E-state index contributed by atoms with van der Waals surface area (Å²) in [5.74, 6) is -2.20. The van der Waals surface area contributed by atoms with E-state index in [9.17, 15) is 24.3 Å². The van der Waals surface area contributed by atoms with Gasteiger partial charge in [0.2, 0.25) is 17.7 Å². The lowest BCUT2D eigenvalue weighted by atomic mass is 9.78. The first kappa shape index (κ1) is 25.0. The van der Waals surface area contributed by atoms with Gasteiger partial charge in [0.15, 0.2) is 0 Å². The number of thioether (sulfide) groups is 1. The molecule has 0 saturated carbocycles. The topological polar surface area (TPSA) is 157 Å². The van der Waals surface area contributed by atoms with Gasteiger partial charge in [-0.05, 0) is 26.8 Å². The van der Waals surface area contributed by atoms with Gasteiger partial charge in [-0.3, -0.25) is 14.4 Å². The van der Waals surface area contributed by atoms with E-state index in [2.05, 4.69) is 16.0 Å². The Morgan fingerprint density at radius 1 is 1.35 bits per heavy atom. The molecule has 0 aromatic carbocycles. The number of nitrogens with zero attached hydrogens (tertiary/aromatic N) is 2. The van der Waals surface area contributed by atoms with Crippen molar-refractivity contribution in [3.63, 3.8) is 0 Å². The van der Waals surface area contributed by atoms with Crippen LogP contribution in [0.15, 0.2) is 10.6 Å². The zero-order chi connectivity index (χ0) is 24.7. The van der Waals surface area contributed by atoms with Crippen molar-refractivity contribution in [2.45, 2.75) is 56.1 Å². The molecule has 4 aliphatic heterocycles. The van der Waals surface area contributed by atoms with Crippen LogP contribution in [0.2, 0.25) is 0 Å². The second kappa shape index (κ2) is 9.84. The summed E-state index contributed by atoms with van der Waals surface area (Å²) >= 11 is 1.46. The molecule has 0 radical (unpaired) electrons. The molecule has 3 saturated heterocycles. The highest BCUT2D eigenvalue weighted by Gasteiger charge is 2.60. The summed E-state index contributed by atoms with van der Waals surface area (Å²) in [6.45, 7) is 5.70. The van der Waals surface area contributed by atoms with Gasteiger partial charge in [0.05, 0.1) is 24.5 Å². The molecule has 3 fully saturated rings. The van der Waals surface area contributed by atoms with E-state index in [4.69, 9.17) is 5.73 Å². The lowest BCUT2D eigenvalue weighted by molar-refractivity contribution is -0.158. The second-order valence-electron chi connectivity index (χ2n) is 9.69. The molecule has 0 aromatic heterocycles. The summed E-state index contributed by atoms with van der Waals surface area (Å²) in [7, 11) is 1.67. The molecular formula is C22H34N6O5S. The van der Waals surface area contributed by atoms with Crippen LogP contribution in [0.4, 0.5) is 0 Å². The van der Waals surface area contributed by atoms with Gasteiger partial charge in [0.1, 0.15) is 5.70 Å². The van der Waals surface area contributed by atoms with Gasteiger partial charge in [-0.1, -0.05) is 6.92 Å². The Balaban J connectivity index is 1.43. The first-order valence-corrected chi connectivity index (χ1v) is 12.7. The number of carboxylic acid groups (broad SMARTS) is 1. The van der Waals surface area contributed by atoms with Gasteiger partial charge in [-0.25, -0.2) is 4.79 Å². The van der Waals surface area contributed by atoms with Crippen molar-refractivity contribution >= 4 is 35.5 Å². The number of carbonyl (C=O) groups excluding carboxylic acids is 3. The van der Waals surface area contributed by atoms with E-state index in [0.29, 0.717) is 31.0 Å². The Bertz CT molecular complexity index is 912.